The molecule has 0 radical (unpaired) electrons. The molecule has 1 N–H and O–H groups in total. The Morgan fingerprint density at radius 2 is 2.00 bits per heavy atom. The summed E-state index contributed by atoms with van der Waals surface area (Å²) in [6.45, 7) is 1.86. The van der Waals surface area contributed by atoms with E-state index in [-0.39, 0.29) is 15.9 Å². The van der Waals surface area contributed by atoms with Crippen LogP contribution in [0.4, 0.5) is 5.82 Å². The number of anilines is 1. The van der Waals surface area contributed by atoms with Crippen LogP contribution in [0.1, 0.15) is 5.56 Å². The molecule has 19 heavy (non-hydrogen) atoms. The van der Waals surface area contributed by atoms with E-state index in [0.717, 1.165) is 5.56 Å². The molecule has 0 fully saturated rings. The first-order valence-corrected chi connectivity index (χ1v) is 7.80. The Bertz CT molecular complexity index is 704. The van der Waals surface area contributed by atoms with E-state index < -0.39 is 10.0 Å². The number of halogens is 2. The Balaban J connectivity index is 2.37. The zero-order chi connectivity index (χ0) is 14.0. The Labute approximate surface area is 124 Å². The zero-order valence-corrected chi connectivity index (χ0v) is 12.9. The van der Waals surface area contributed by atoms with E-state index in [0.29, 0.717) is 4.47 Å². The van der Waals surface area contributed by atoms with Crippen LogP contribution in [0.2, 0.25) is 5.15 Å². The van der Waals surface area contributed by atoms with Crippen molar-refractivity contribution in [1.82, 2.24) is 9.97 Å². The average Bonchev–Trinajstić information content (AvgIpc) is 2.35. The summed E-state index contributed by atoms with van der Waals surface area (Å²) in [6.07, 6.45) is 2.99. The minimum Gasteiger partial charge on any atom is -0.263 e. The van der Waals surface area contributed by atoms with Gasteiger partial charge >= 0.3 is 0 Å². The number of nitrogens with one attached hydrogen (secondary N) is 1. The largest absolute Gasteiger partial charge is 0.266 e. The van der Waals surface area contributed by atoms with Gasteiger partial charge in [0.15, 0.2) is 0 Å². The fraction of sp³-hybridized carbons (Fsp3) is 0.0909. The van der Waals surface area contributed by atoms with Gasteiger partial charge in [-0.3, -0.25) is 4.72 Å². The highest BCUT2D eigenvalue weighted by molar-refractivity contribution is 9.10. The molecular formula is C11H9BrClN3O2S. The van der Waals surface area contributed by atoms with Crippen LogP contribution < -0.4 is 4.72 Å². The van der Waals surface area contributed by atoms with E-state index in [4.69, 9.17) is 11.6 Å². The fourth-order valence-electron chi connectivity index (χ4n) is 1.31. The van der Waals surface area contributed by atoms with Crippen molar-refractivity contribution in [3.63, 3.8) is 0 Å². The highest BCUT2D eigenvalue weighted by atomic mass is 79.9. The van der Waals surface area contributed by atoms with Crippen LogP contribution in [0.5, 0.6) is 0 Å². The van der Waals surface area contributed by atoms with Gasteiger partial charge in [-0.1, -0.05) is 17.7 Å². The molecule has 0 aliphatic carbocycles. The van der Waals surface area contributed by atoms with E-state index in [9.17, 15) is 8.42 Å². The molecule has 2 heterocycles. The van der Waals surface area contributed by atoms with Crippen molar-refractivity contribution >= 4 is 43.4 Å². The van der Waals surface area contributed by atoms with Crippen LogP contribution in [-0.2, 0) is 10.0 Å². The first-order valence-electron chi connectivity index (χ1n) is 5.15. The number of rotatable bonds is 3. The standard InChI is InChI=1S/C11H9BrClN3O2S/c1-7-2-3-10(14-5-7)16-19(17,18)9-4-8(12)6-15-11(9)13/h2-6H,1H3,(H,14,16). The van der Waals surface area contributed by atoms with Crippen molar-refractivity contribution < 1.29 is 8.42 Å². The maximum atomic E-state index is 12.2. The summed E-state index contributed by atoms with van der Waals surface area (Å²) < 4.78 is 27.2. The molecule has 0 atom stereocenters. The quantitative estimate of drug-likeness (QED) is 0.852. The van der Waals surface area contributed by atoms with Crippen molar-refractivity contribution in [2.24, 2.45) is 0 Å². The molecule has 0 aliphatic rings. The third-order valence-corrected chi connectivity index (χ3v) is 4.43. The molecular weight excluding hydrogens is 354 g/mol. The minimum absolute atomic E-state index is 0.0946. The van der Waals surface area contributed by atoms with Gasteiger partial charge in [-0.25, -0.2) is 18.4 Å². The van der Waals surface area contributed by atoms with Gasteiger partial charge in [0.05, 0.1) is 0 Å². The maximum Gasteiger partial charge on any atom is 0.266 e. The molecule has 0 unspecified atom stereocenters. The van der Waals surface area contributed by atoms with Gasteiger partial charge in [0.25, 0.3) is 10.0 Å². The van der Waals surface area contributed by atoms with E-state index in [1.165, 1.54) is 12.3 Å². The molecule has 0 bridgehead atoms. The summed E-state index contributed by atoms with van der Waals surface area (Å²) in [7, 11) is -3.82. The summed E-state index contributed by atoms with van der Waals surface area (Å²) in [4.78, 5) is 7.65. The van der Waals surface area contributed by atoms with Crippen LogP contribution >= 0.6 is 27.5 Å². The van der Waals surface area contributed by atoms with Crippen LogP contribution in [0.25, 0.3) is 0 Å². The molecule has 8 heteroatoms. The number of aromatic nitrogens is 2. The Kier molecular flexibility index (Phi) is 4.07. The van der Waals surface area contributed by atoms with Crippen molar-refractivity contribution in [3.05, 3.63) is 45.8 Å². The van der Waals surface area contributed by atoms with Crippen molar-refractivity contribution in [1.29, 1.82) is 0 Å². The fourth-order valence-corrected chi connectivity index (χ4v) is 3.27. The van der Waals surface area contributed by atoms with Crippen LogP contribution in [-0.4, -0.2) is 18.4 Å². The van der Waals surface area contributed by atoms with Gasteiger partial charge < -0.3 is 0 Å². The minimum atomic E-state index is -3.82. The van der Waals surface area contributed by atoms with Gasteiger partial charge in [-0.05, 0) is 40.5 Å². The molecule has 2 aromatic heterocycles. The summed E-state index contributed by atoms with van der Waals surface area (Å²) in [5, 5.41) is -0.0946. The molecule has 5 nitrogen and oxygen atoms in total. The van der Waals surface area contributed by atoms with Crippen LogP contribution in [0, 0.1) is 6.92 Å². The van der Waals surface area contributed by atoms with E-state index in [1.54, 1.807) is 18.3 Å². The van der Waals surface area contributed by atoms with Gasteiger partial charge in [-0.2, -0.15) is 0 Å². The van der Waals surface area contributed by atoms with Gasteiger partial charge in [0, 0.05) is 16.9 Å². The highest BCUT2D eigenvalue weighted by Gasteiger charge is 2.20. The maximum absolute atomic E-state index is 12.2. The first-order chi connectivity index (χ1) is 8.88. The molecule has 0 saturated carbocycles. The molecule has 0 amide bonds. The van der Waals surface area contributed by atoms with Gasteiger partial charge in [-0.15, -0.1) is 0 Å². The van der Waals surface area contributed by atoms with E-state index >= 15 is 0 Å². The number of hydrogen-bond donors (Lipinski definition) is 1. The zero-order valence-electron chi connectivity index (χ0n) is 9.76. The van der Waals surface area contributed by atoms with Crippen LogP contribution in [0.3, 0.4) is 0 Å². The van der Waals surface area contributed by atoms with Crippen LogP contribution in [0.15, 0.2) is 40.0 Å². The predicted molar refractivity (Wildman–Crippen MR) is 76.7 cm³/mol. The second kappa shape index (κ2) is 5.44. The van der Waals surface area contributed by atoms with Gasteiger partial charge in [0.1, 0.15) is 15.9 Å². The summed E-state index contributed by atoms with van der Waals surface area (Å²) >= 11 is 8.96. The number of pyridine rings is 2. The molecule has 0 aliphatic heterocycles. The van der Waals surface area contributed by atoms with E-state index in [1.807, 2.05) is 6.92 Å². The number of nitrogens with zero attached hydrogens (tertiary/aromatic N) is 2. The van der Waals surface area contributed by atoms with Crippen molar-refractivity contribution in [3.8, 4) is 0 Å². The first kappa shape index (κ1) is 14.2. The van der Waals surface area contributed by atoms with Gasteiger partial charge in [0.2, 0.25) is 0 Å². The summed E-state index contributed by atoms with van der Waals surface area (Å²) in [6, 6.07) is 4.71. The number of sulfonamides is 1. The third kappa shape index (κ3) is 3.43. The second-order valence-corrected chi connectivity index (χ2v) is 6.69. The SMILES string of the molecule is Cc1ccc(NS(=O)(=O)c2cc(Br)cnc2Cl)nc1. The van der Waals surface area contributed by atoms with Crippen molar-refractivity contribution in [2.45, 2.75) is 11.8 Å². The molecule has 0 spiro atoms. The lowest BCUT2D eigenvalue weighted by Crippen LogP contribution is -2.14. The topological polar surface area (TPSA) is 72.0 Å². The van der Waals surface area contributed by atoms with E-state index in [2.05, 4.69) is 30.6 Å². The lowest BCUT2D eigenvalue weighted by atomic mass is 10.3. The molecule has 2 rings (SSSR count). The Morgan fingerprint density at radius 3 is 2.63 bits per heavy atom. The highest BCUT2D eigenvalue weighted by Crippen LogP contribution is 2.24. The lowest BCUT2D eigenvalue weighted by molar-refractivity contribution is 0.600. The molecule has 2 aromatic rings. The number of aryl methyl sites for hydroxylation is 1. The number of hydrogen-bond acceptors (Lipinski definition) is 4. The average molecular weight is 363 g/mol. The third-order valence-electron chi connectivity index (χ3n) is 2.21. The second-order valence-electron chi connectivity index (χ2n) is 3.77. The predicted octanol–water partition coefficient (Wildman–Crippen LogP) is 3.00. The molecule has 100 valence electrons. The Hall–Kier alpha value is -1.18. The normalized spacial score (nSPS) is 11.3. The smallest absolute Gasteiger partial charge is 0.263 e. The molecule has 0 aromatic carbocycles. The summed E-state index contributed by atoms with van der Waals surface area (Å²) in [5.74, 6) is 0.224. The van der Waals surface area contributed by atoms with Crippen molar-refractivity contribution in [2.75, 3.05) is 4.72 Å². The summed E-state index contributed by atoms with van der Waals surface area (Å²) in [5.41, 5.74) is 0.935. The monoisotopic (exact) mass is 361 g/mol. The molecule has 0 saturated heterocycles. The Morgan fingerprint density at radius 1 is 1.26 bits per heavy atom. The lowest BCUT2D eigenvalue weighted by Gasteiger charge is -2.08.